The molecule has 0 aliphatic carbocycles. The molecule has 0 amide bonds. The highest BCUT2D eigenvalue weighted by Gasteiger charge is 2.14. The van der Waals surface area contributed by atoms with Crippen LogP contribution in [0.25, 0.3) is 0 Å². The number of hydrogen-bond donors (Lipinski definition) is 0. The Morgan fingerprint density at radius 3 is 2.74 bits per heavy atom. The molecular weight excluding hydrogens is 258 g/mol. The first-order chi connectivity index (χ1) is 9.30. The van der Waals surface area contributed by atoms with Crippen LogP contribution in [0.4, 0.5) is 0 Å². The molecule has 2 aromatic heterocycles. The summed E-state index contributed by atoms with van der Waals surface area (Å²) in [5, 5.41) is 18.4. The summed E-state index contributed by atoms with van der Waals surface area (Å²) in [6.45, 7) is 4.07. The van der Waals surface area contributed by atoms with Crippen molar-refractivity contribution >= 4 is 11.8 Å². The Labute approximate surface area is 116 Å². The van der Waals surface area contributed by atoms with E-state index < -0.39 is 0 Å². The largest absolute Gasteiger partial charge is 0.468 e. The maximum Gasteiger partial charge on any atom is 0.137 e. The van der Waals surface area contributed by atoms with Crippen molar-refractivity contribution in [2.45, 2.75) is 37.5 Å². The number of nitrogens with zero attached hydrogens (tertiary/aromatic N) is 3. The van der Waals surface area contributed by atoms with E-state index in [4.69, 9.17) is 4.42 Å². The minimum atomic E-state index is 0.658. The van der Waals surface area contributed by atoms with E-state index >= 15 is 0 Å². The van der Waals surface area contributed by atoms with Gasteiger partial charge in [-0.25, -0.2) is 0 Å². The van der Waals surface area contributed by atoms with Crippen LogP contribution < -0.4 is 0 Å². The Hall–Kier alpha value is -1.80. The highest BCUT2D eigenvalue weighted by Crippen LogP contribution is 2.27. The third-order valence-corrected chi connectivity index (χ3v) is 3.85. The van der Waals surface area contributed by atoms with E-state index in [-0.39, 0.29) is 0 Å². The van der Waals surface area contributed by atoms with E-state index in [1.807, 2.05) is 26.0 Å². The van der Waals surface area contributed by atoms with Gasteiger partial charge in [0, 0.05) is 0 Å². The molecule has 2 heterocycles. The van der Waals surface area contributed by atoms with Gasteiger partial charge in [-0.3, -0.25) is 0 Å². The van der Waals surface area contributed by atoms with E-state index in [1.165, 1.54) is 11.8 Å². The van der Waals surface area contributed by atoms with Crippen molar-refractivity contribution in [2.24, 2.45) is 0 Å². The fourth-order valence-corrected chi connectivity index (χ4v) is 2.76. The zero-order valence-corrected chi connectivity index (χ0v) is 11.8. The van der Waals surface area contributed by atoms with Gasteiger partial charge in [-0.2, -0.15) is 10.4 Å². The summed E-state index contributed by atoms with van der Waals surface area (Å²) in [6, 6.07) is 6.03. The van der Waals surface area contributed by atoms with Crippen LogP contribution in [-0.2, 0) is 18.6 Å². The van der Waals surface area contributed by atoms with E-state index in [0.717, 1.165) is 29.9 Å². The van der Waals surface area contributed by atoms with Crippen LogP contribution >= 0.6 is 11.8 Å². The Kier molecular flexibility index (Phi) is 4.58. The lowest BCUT2D eigenvalue weighted by molar-refractivity contribution is 0.530. The molecule has 0 spiro atoms. The first-order valence-electron chi connectivity index (χ1n) is 6.23. The highest BCUT2D eigenvalue weighted by atomic mass is 32.2. The summed E-state index contributed by atoms with van der Waals surface area (Å²) in [6.07, 6.45) is 3.24. The summed E-state index contributed by atoms with van der Waals surface area (Å²) in [4.78, 5) is 0. The van der Waals surface area contributed by atoms with E-state index in [2.05, 4.69) is 16.3 Å². The normalized spacial score (nSPS) is 10.4. The van der Waals surface area contributed by atoms with Gasteiger partial charge < -0.3 is 4.42 Å². The third-order valence-electron chi connectivity index (χ3n) is 2.86. The third kappa shape index (κ3) is 2.96. The topological polar surface area (TPSA) is 62.7 Å². The smallest absolute Gasteiger partial charge is 0.137 e. The van der Waals surface area contributed by atoms with Crippen molar-refractivity contribution in [1.82, 2.24) is 10.2 Å². The van der Waals surface area contributed by atoms with Gasteiger partial charge in [0.05, 0.1) is 23.3 Å². The molecule has 0 atom stereocenters. The fourth-order valence-electron chi connectivity index (χ4n) is 1.90. The van der Waals surface area contributed by atoms with Gasteiger partial charge >= 0.3 is 0 Å². The van der Waals surface area contributed by atoms with Crippen LogP contribution in [-0.4, -0.2) is 10.2 Å². The average molecular weight is 273 g/mol. The number of rotatable bonds is 5. The number of furan rings is 1. The van der Waals surface area contributed by atoms with Gasteiger partial charge in [-0.15, -0.1) is 5.10 Å². The van der Waals surface area contributed by atoms with Crippen molar-refractivity contribution in [3.8, 4) is 6.07 Å². The predicted octanol–water partition coefficient (Wildman–Crippen LogP) is 3.36. The molecule has 19 heavy (non-hydrogen) atoms. The lowest BCUT2D eigenvalue weighted by Gasteiger charge is -2.09. The van der Waals surface area contributed by atoms with Crippen LogP contribution in [0.3, 0.4) is 0 Å². The van der Waals surface area contributed by atoms with Crippen molar-refractivity contribution in [3.63, 3.8) is 0 Å². The maximum absolute atomic E-state index is 9.35. The standard InChI is InChI=1S/C14H15N3OS/c1-3-11-12(8-15)14(17-16-13(11)4-2)19-9-10-6-5-7-18-10/h5-7H,3-4,9H2,1-2H3. The number of aromatic nitrogens is 2. The summed E-state index contributed by atoms with van der Waals surface area (Å²) in [5.41, 5.74) is 2.59. The molecule has 2 rings (SSSR count). The molecule has 4 nitrogen and oxygen atoms in total. The van der Waals surface area contributed by atoms with E-state index in [1.54, 1.807) is 6.26 Å². The Bertz CT molecular complexity index is 587. The molecule has 98 valence electrons. The number of hydrogen-bond acceptors (Lipinski definition) is 5. The molecule has 0 fully saturated rings. The van der Waals surface area contributed by atoms with Crippen molar-refractivity contribution < 1.29 is 4.42 Å². The van der Waals surface area contributed by atoms with Crippen molar-refractivity contribution in [3.05, 3.63) is 41.0 Å². The zero-order valence-electron chi connectivity index (χ0n) is 11.0. The second-order valence-corrected chi connectivity index (χ2v) is 4.96. The van der Waals surface area contributed by atoms with Gasteiger partial charge in [0.25, 0.3) is 0 Å². The van der Waals surface area contributed by atoms with Crippen LogP contribution in [0.2, 0.25) is 0 Å². The molecule has 0 saturated heterocycles. The minimum absolute atomic E-state index is 0.658. The molecule has 0 aromatic carbocycles. The molecular formula is C14H15N3OS. The number of thioether (sulfide) groups is 1. The molecule has 0 bridgehead atoms. The Morgan fingerprint density at radius 2 is 2.16 bits per heavy atom. The maximum atomic E-state index is 9.35. The Morgan fingerprint density at radius 1 is 1.32 bits per heavy atom. The average Bonchev–Trinajstić information content (AvgIpc) is 2.96. The highest BCUT2D eigenvalue weighted by molar-refractivity contribution is 7.98. The molecule has 0 radical (unpaired) electrons. The Balaban J connectivity index is 2.28. The van der Waals surface area contributed by atoms with Crippen LogP contribution in [0.5, 0.6) is 0 Å². The quantitative estimate of drug-likeness (QED) is 0.782. The van der Waals surface area contributed by atoms with Gasteiger partial charge in [-0.05, 0) is 30.5 Å². The monoisotopic (exact) mass is 273 g/mol. The zero-order chi connectivity index (χ0) is 13.7. The molecule has 0 aliphatic rings. The minimum Gasteiger partial charge on any atom is -0.468 e. The van der Waals surface area contributed by atoms with Crippen molar-refractivity contribution in [1.29, 1.82) is 5.26 Å². The summed E-state index contributed by atoms with van der Waals surface area (Å²) >= 11 is 1.49. The van der Waals surface area contributed by atoms with Gasteiger partial charge in [0.15, 0.2) is 0 Å². The molecule has 5 heteroatoms. The second-order valence-electron chi connectivity index (χ2n) is 3.99. The number of nitriles is 1. The van der Waals surface area contributed by atoms with Crippen LogP contribution in [0.1, 0.15) is 36.4 Å². The second kappa shape index (κ2) is 6.39. The lowest BCUT2D eigenvalue weighted by Crippen LogP contribution is -2.04. The molecule has 0 unspecified atom stereocenters. The van der Waals surface area contributed by atoms with Gasteiger partial charge in [0.1, 0.15) is 16.9 Å². The van der Waals surface area contributed by atoms with Crippen LogP contribution in [0.15, 0.2) is 27.8 Å². The van der Waals surface area contributed by atoms with Gasteiger partial charge in [-0.1, -0.05) is 25.6 Å². The SMILES string of the molecule is CCc1nnc(SCc2ccco2)c(C#N)c1CC. The van der Waals surface area contributed by atoms with E-state index in [9.17, 15) is 5.26 Å². The fraction of sp³-hybridized carbons (Fsp3) is 0.357. The number of aryl methyl sites for hydroxylation is 1. The molecule has 0 aliphatic heterocycles. The van der Waals surface area contributed by atoms with Crippen LogP contribution in [0, 0.1) is 11.3 Å². The summed E-state index contributed by atoms with van der Waals surface area (Å²) in [5.74, 6) is 1.53. The van der Waals surface area contributed by atoms with Gasteiger partial charge in [0.2, 0.25) is 0 Å². The molecule has 2 aromatic rings. The first kappa shape index (κ1) is 13.6. The van der Waals surface area contributed by atoms with E-state index in [0.29, 0.717) is 16.3 Å². The van der Waals surface area contributed by atoms with Crippen molar-refractivity contribution in [2.75, 3.05) is 0 Å². The predicted molar refractivity (Wildman–Crippen MR) is 73.8 cm³/mol. The summed E-state index contributed by atoms with van der Waals surface area (Å²) in [7, 11) is 0. The molecule has 0 saturated carbocycles. The first-order valence-corrected chi connectivity index (χ1v) is 7.22. The lowest BCUT2D eigenvalue weighted by atomic mass is 10.1. The summed E-state index contributed by atoms with van der Waals surface area (Å²) < 4.78 is 5.28. The molecule has 0 N–H and O–H groups in total.